The van der Waals surface area contributed by atoms with Crippen LogP contribution in [-0.2, 0) is 0 Å². The molecule has 0 unspecified atom stereocenters. The van der Waals surface area contributed by atoms with Crippen LogP contribution in [-0.4, -0.2) is 40.4 Å². The first-order valence-electron chi connectivity index (χ1n) is 10.9. The van der Waals surface area contributed by atoms with E-state index in [1.165, 1.54) is 19.3 Å². The van der Waals surface area contributed by atoms with Crippen LogP contribution in [0.5, 0.6) is 5.75 Å². The third-order valence-electron chi connectivity index (χ3n) is 6.09. The van der Waals surface area contributed by atoms with Crippen LogP contribution in [0.4, 0.5) is 0 Å². The topological polar surface area (TPSA) is 53.4 Å². The fourth-order valence-electron chi connectivity index (χ4n) is 4.24. The Labute approximate surface area is 175 Å². The summed E-state index contributed by atoms with van der Waals surface area (Å²) in [7, 11) is 0. The van der Waals surface area contributed by atoms with E-state index in [0.717, 1.165) is 47.7 Å². The minimum absolute atomic E-state index is 0.198. The highest BCUT2D eigenvalue weighted by molar-refractivity contribution is 5.97. The molecule has 1 aliphatic rings. The molecule has 2 aromatic rings. The predicted octanol–water partition coefficient (Wildman–Crippen LogP) is 5.40. The molecule has 3 rings (SSSR count). The molecule has 1 atom stereocenters. The number of pyridine rings is 1. The maximum absolute atomic E-state index is 13.2. The van der Waals surface area contributed by atoms with Crippen LogP contribution in [0.1, 0.15) is 61.1 Å². The molecule has 1 saturated heterocycles. The average Bonchev–Trinajstić information content (AvgIpc) is 2.67. The Morgan fingerprint density at radius 2 is 1.83 bits per heavy atom. The van der Waals surface area contributed by atoms with Crippen LogP contribution < -0.4 is 0 Å². The zero-order chi connectivity index (χ0) is 21.0. The second-order valence-electron chi connectivity index (χ2n) is 8.87. The third-order valence-corrected chi connectivity index (χ3v) is 6.09. The molecule has 1 aromatic heterocycles. The first-order valence-corrected chi connectivity index (χ1v) is 10.9. The molecule has 4 nitrogen and oxygen atoms in total. The lowest BCUT2D eigenvalue weighted by atomic mass is 9.87. The maximum Gasteiger partial charge on any atom is 0.163 e. The van der Waals surface area contributed by atoms with Crippen molar-refractivity contribution in [3.63, 3.8) is 0 Å². The molecule has 0 radical (unpaired) electrons. The van der Waals surface area contributed by atoms with E-state index in [2.05, 4.69) is 23.7 Å². The van der Waals surface area contributed by atoms with E-state index in [1.807, 2.05) is 32.0 Å². The van der Waals surface area contributed by atoms with Crippen molar-refractivity contribution in [1.29, 1.82) is 0 Å². The van der Waals surface area contributed by atoms with Crippen LogP contribution in [0, 0.1) is 25.7 Å². The number of nitrogens with zero attached hydrogens (tertiary/aromatic N) is 2. The monoisotopic (exact) mass is 394 g/mol. The standard InChI is InChI=1S/C25H34N2O2/c1-17(2)21(16-27-10-6-5-7-11-27)15-25(29)20-13-19(4)26-24(14-20)23-9-8-22(28)12-18(23)3/h8-9,12-14,17,21,28H,5-7,10-11,15-16H2,1-4H3/t21-/m0/s1. The molecule has 4 heteroatoms. The van der Waals surface area contributed by atoms with Crippen LogP contribution in [0.2, 0.25) is 0 Å². The van der Waals surface area contributed by atoms with Gasteiger partial charge in [0.2, 0.25) is 0 Å². The third kappa shape index (κ3) is 5.66. The maximum atomic E-state index is 13.2. The van der Waals surface area contributed by atoms with E-state index in [4.69, 9.17) is 0 Å². The molecule has 156 valence electrons. The van der Waals surface area contributed by atoms with Crippen molar-refractivity contribution in [2.75, 3.05) is 19.6 Å². The SMILES string of the molecule is Cc1cc(C(=O)C[C@@H](CN2CCCCC2)C(C)C)cc(-c2ccc(O)cc2C)n1. The normalized spacial score (nSPS) is 16.2. The molecule has 0 amide bonds. The Balaban J connectivity index is 1.79. The van der Waals surface area contributed by atoms with Gasteiger partial charge < -0.3 is 10.0 Å². The zero-order valence-electron chi connectivity index (χ0n) is 18.2. The summed E-state index contributed by atoms with van der Waals surface area (Å²) in [4.78, 5) is 20.4. The van der Waals surface area contributed by atoms with E-state index in [9.17, 15) is 9.90 Å². The molecule has 0 spiro atoms. The van der Waals surface area contributed by atoms with E-state index in [0.29, 0.717) is 18.3 Å². The Morgan fingerprint density at radius 3 is 2.48 bits per heavy atom. The predicted molar refractivity (Wildman–Crippen MR) is 118 cm³/mol. The van der Waals surface area contributed by atoms with Gasteiger partial charge in [0.1, 0.15) is 5.75 Å². The van der Waals surface area contributed by atoms with Gasteiger partial charge in [-0.3, -0.25) is 9.78 Å². The Morgan fingerprint density at radius 1 is 1.10 bits per heavy atom. The summed E-state index contributed by atoms with van der Waals surface area (Å²) in [6, 6.07) is 9.08. The molecule has 1 fully saturated rings. The van der Waals surface area contributed by atoms with E-state index in [-0.39, 0.29) is 11.5 Å². The number of rotatable bonds is 7. The zero-order valence-corrected chi connectivity index (χ0v) is 18.2. The van der Waals surface area contributed by atoms with Gasteiger partial charge in [-0.15, -0.1) is 0 Å². The Kier molecular flexibility index (Phi) is 7.07. The molecule has 0 bridgehead atoms. The van der Waals surface area contributed by atoms with E-state index >= 15 is 0 Å². The first-order chi connectivity index (χ1) is 13.8. The summed E-state index contributed by atoms with van der Waals surface area (Å²) in [6.07, 6.45) is 4.46. The lowest BCUT2D eigenvalue weighted by Gasteiger charge is -2.32. The number of Topliss-reactive ketones (excluding diaryl/α,β-unsaturated/α-hetero) is 1. The van der Waals surface area contributed by atoms with Gasteiger partial charge in [0.15, 0.2) is 5.78 Å². The van der Waals surface area contributed by atoms with E-state index < -0.39 is 0 Å². The minimum Gasteiger partial charge on any atom is -0.508 e. The number of aryl methyl sites for hydroxylation is 2. The van der Waals surface area contributed by atoms with Crippen molar-refractivity contribution in [3.05, 3.63) is 47.2 Å². The number of benzene rings is 1. The van der Waals surface area contributed by atoms with E-state index in [1.54, 1.807) is 12.1 Å². The summed E-state index contributed by atoms with van der Waals surface area (Å²) in [5.74, 6) is 1.28. The average molecular weight is 395 g/mol. The molecule has 29 heavy (non-hydrogen) atoms. The van der Waals surface area contributed by atoms with Crippen LogP contribution in [0.3, 0.4) is 0 Å². The highest BCUT2D eigenvalue weighted by atomic mass is 16.3. The van der Waals surface area contributed by atoms with Crippen molar-refractivity contribution in [3.8, 4) is 17.0 Å². The number of aromatic nitrogens is 1. The number of ketones is 1. The van der Waals surface area contributed by atoms with Gasteiger partial charge in [0.05, 0.1) is 5.69 Å². The second-order valence-corrected chi connectivity index (χ2v) is 8.87. The molecule has 0 aliphatic carbocycles. The van der Waals surface area contributed by atoms with Crippen LogP contribution in [0.15, 0.2) is 30.3 Å². The number of piperidine rings is 1. The van der Waals surface area contributed by atoms with Crippen molar-refractivity contribution in [1.82, 2.24) is 9.88 Å². The summed E-state index contributed by atoms with van der Waals surface area (Å²) in [6.45, 7) is 11.7. The summed E-state index contributed by atoms with van der Waals surface area (Å²) in [5, 5.41) is 9.69. The lowest BCUT2D eigenvalue weighted by Crippen LogP contribution is -2.36. The van der Waals surface area contributed by atoms with Gasteiger partial charge in [0, 0.05) is 29.8 Å². The van der Waals surface area contributed by atoms with Crippen LogP contribution in [0.25, 0.3) is 11.3 Å². The molecule has 1 aromatic carbocycles. The number of hydrogen-bond donors (Lipinski definition) is 1. The highest BCUT2D eigenvalue weighted by Crippen LogP contribution is 2.28. The van der Waals surface area contributed by atoms with Gasteiger partial charge in [-0.25, -0.2) is 0 Å². The fourth-order valence-corrected chi connectivity index (χ4v) is 4.24. The number of phenolic OH excluding ortho intramolecular Hbond substituents is 1. The highest BCUT2D eigenvalue weighted by Gasteiger charge is 2.23. The van der Waals surface area contributed by atoms with Gasteiger partial charge in [-0.1, -0.05) is 20.3 Å². The number of carbonyl (C=O) groups excluding carboxylic acids is 1. The first kappa shape index (κ1) is 21.5. The number of carbonyl (C=O) groups is 1. The number of likely N-dealkylation sites (tertiary alicyclic amines) is 1. The number of aromatic hydroxyl groups is 1. The minimum atomic E-state index is 0.198. The molecular formula is C25H34N2O2. The fraction of sp³-hybridized carbons (Fsp3) is 0.520. The quantitative estimate of drug-likeness (QED) is 0.639. The number of hydrogen-bond acceptors (Lipinski definition) is 4. The molecule has 1 aliphatic heterocycles. The lowest BCUT2D eigenvalue weighted by molar-refractivity contribution is 0.0915. The summed E-state index contributed by atoms with van der Waals surface area (Å²) in [5.41, 5.74) is 4.28. The molecule has 2 heterocycles. The van der Waals surface area contributed by atoms with Gasteiger partial charge in [0.25, 0.3) is 0 Å². The summed E-state index contributed by atoms with van der Waals surface area (Å²) < 4.78 is 0. The van der Waals surface area contributed by atoms with Crippen molar-refractivity contribution in [2.24, 2.45) is 11.8 Å². The van der Waals surface area contributed by atoms with Crippen molar-refractivity contribution in [2.45, 2.75) is 53.4 Å². The van der Waals surface area contributed by atoms with Crippen LogP contribution >= 0.6 is 0 Å². The van der Waals surface area contributed by atoms with Crippen molar-refractivity contribution < 1.29 is 9.90 Å². The summed E-state index contributed by atoms with van der Waals surface area (Å²) >= 11 is 0. The molecular weight excluding hydrogens is 360 g/mol. The second kappa shape index (κ2) is 9.53. The number of phenols is 1. The Hall–Kier alpha value is -2.20. The van der Waals surface area contributed by atoms with Gasteiger partial charge in [-0.2, -0.15) is 0 Å². The largest absolute Gasteiger partial charge is 0.508 e. The Bertz CT molecular complexity index is 854. The molecule has 0 saturated carbocycles. The van der Waals surface area contributed by atoms with Crippen molar-refractivity contribution >= 4 is 5.78 Å². The molecule has 1 N–H and O–H groups in total. The van der Waals surface area contributed by atoms with Gasteiger partial charge >= 0.3 is 0 Å². The van der Waals surface area contributed by atoms with Gasteiger partial charge in [-0.05, 0) is 87.5 Å². The smallest absolute Gasteiger partial charge is 0.163 e.